The Hall–Kier alpha value is -1.10. The Labute approximate surface area is 108 Å². The maximum atomic E-state index is 12.2. The highest BCUT2D eigenvalue weighted by Crippen LogP contribution is 2.22. The van der Waals surface area contributed by atoms with Gasteiger partial charge in [0.1, 0.15) is 0 Å². The van der Waals surface area contributed by atoms with Crippen molar-refractivity contribution in [3.8, 4) is 0 Å². The van der Waals surface area contributed by atoms with Gasteiger partial charge in [0.15, 0.2) is 0 Å². The lowest BCUT2D eigenvalue weighted by Crippen LogP contribution is -2.48. The van der Waals surface area contributed by atoms with Gasteiger partial charge in [-0.2, -0.15) is 0 Å². The second-order valence-electron chi connectivity index (χ2n) is 5.52. The summed E-state index contributed by atoms with van der Waals surface area (Å²) in [5.74, 6) is 1.18. The minimum atomic E-state index is 0.0793. The van der Waals surface area contributed by atoms with Crippen LogP contribution in [0.2, 0.25) is 0 Å². The predicted octanol–water partition coefficient (Wildman–Crippen LogP) is 0.0521. The van der Waals surface area contributed by atoms with Crippen LogP contribution in [-0.4, -0.2) is 54.3 Å². The predicted molar refractivity (Wildman–Crippen MR) is 68.7 cm³/mol. The Balaban J connectivity index is 1.87. The number of carbonyl (C=O) groups excluding carboxylic acids is 2. The Bertz CT molecular complexity index is 332. The quantitative estimate of drug-likeness (QED) is 0.773. The van der Waals surface area contributed by atoms with Crippen LogP contribution in [0.25, 0.3) is 0 Å². The summed E-state index contributed by atoms with van der Waals surface area (Å²) in [7, 11) is 0. The molecule has 2 atom stereocenters. The van der Waals surface area contributed by atoms with E-state index < -0.39 is 0 Å². The van der Waals surface area contributed by atoms with Crippen LogP contribution in [0.5, 0.6) is 0 Å². The summed E-state index contributed by atoms with van der Waals surface area (Å²) in [6, 6.07) is 0. The fourth-order valence-electron chi connectivity index (χ4n) is 2.82. The lowest BCUT2D eigenvalue weighted by Gasteiger charge is -2.37. The van der Waals surface area contributed by atoms with Gasteiger partial charge in [0.05, 0.1) is 6.54 Å². The van der Waals surface area contributed by atoms with Crippen LogP contribution >= 0.6 is 0 Å². The Kier molecular flexibility index (Phi) is 4.22. The summed E-state index contributed by atoms with van der Waals surface area (Å²) in [6.45, 7) is 5.37. The normalized spacial score (nSPS) is 28.9. The van der Waals surface area contributed by atoms with E-state index in [2.05, 4.69) is 6.92 Å². The molecule has 2 N–H and O–H groups in total. The standard InChI is InChI=1S/C13H23N3O2/c1-10-4-6-16(8-11(10)7-14)13(18)9-15-5-2-3-12(15)17/h10-11H,2-9,14H2,1H3. The smallest absolute Gasteiger partial charge is 0.242 e. The first-order valence-corrected chi connectivity index (χ1v) is 6.87. The molecule has 2 rings (SSSR count). The minimum absolute atomic E-state index is 0.0793. The van der Waals surface area contributed by atoms with Gasteiger partial charge >= 0.3 is 0 Å². The van der Waals surface area contributed by atoms with Crippen LogP contribution in [0.4, 0.5) is 0 Å². The van der Waals surface area contributed by atoms with Crippen LogP contribution in [0, 0.1) is 11.8 Å². The van der Waals surface area contributed by atoms with Crippen molar-refractivity contribution in [1.29, 1.82) is 0 Å². The molecule has 0 aromatic heterocycles. The van der Waals surface area contributed by atoms with Gasteiger partial charge in [0.25, 0.3) is 0 Å². The van der Waals surface area contributed by atoms with Gasteiger partial charge in [-0.05, 0) is 31.2 Å². The molecule has 0 aromatic rings. The molecule has 0 aromatic carbocycles. The van der Waals surface area contributed by atoms with Crippen molar-refractivity contribution in [2.45, 2.75) is 26.2 Å². The molecule has 2 fully saturated rings. The van der Waals surface area contributed by atoms with Gasteiger partial charge in [0.2, 0.25) is 11.8 Å². The first-order chi connectivity index (χ1) is 8.61. The monoisotopic (exact) mass is 253 g/mol. The highest BCUT2D eigenvalue weighted by Gasteiger charge is 2.30. The van der Waals surface area contributed by atoms with Gasteiger partial charge in [-0.15, -0.1) is 0 Å². The third kappa shape index (κ3) is 2.83. The van der Waals surface area contributed by atoms with Gasteiger partial charge in [-0.3, -0.25) is 9.59 Å². The lowest BCUT2D eigenvalue weighted by molar-refractivity contribution is -0.140. The molecule has 18 heavy (non-hydrogen) atoms. The number of rotatable bonds is 3. The first kappa shape index (κ1) is 13.3. The molecule has 0 bridgehead atoms. The van der Waals surface area contributed by atoms with Gasteiger partial charge in [-0.25, -0.2) is 0 Å². The zero-order valence-electron chi connectivity index (χ0n) is 11.1. The van der Waals surface area contributed by atoms with Crippen molar-refractivity contribution in [1.82, 2.24) is 9.80 Å². The second-order valence-corrected chi connectivity index (χ2v) is 5.52. The molecule has 2 aliphatic heterocycles. The maximum Gasteiger partial charge on any atom is 0.242 e. The molecule has 2 saturated heterocycles. The summed E-state index contributed by atoms with van der Waals surface area (Å²) < 4.78 is 0. The van der Waals surface area contributed by atoms with E-state index in [1.54, 1.807) is 4.90 Å². The van der Waals surface area contributed by atoms with Gasteiger partial charge < -0.3 is 15.5 Å². The van der Waals surface area contributed by atoms with Crippen LogP contribution in [-0.2, 0) is 9.59 Å². The molecule has 5 heteroatoms. The molecule has 2 heterocycles. The number of carbonyl (C=O) groups is 2. The highest BCUT2D eigenvalue weighted by molar-refractivity contribution is 5.85. The molecule has 2 unspecified atom stereocenters. The van der Waals surface area contributed by atoms with Crippen molar-refractivity contribution < 1.29 is 9.59 Å². The largest absolute Gasteiger partial charge is 0.341 e. The number of likely N-dealkylation sites (tertiary alicyclic amines) is 2. The molecule has 5 nitrogen and oxygen atoms in total. The van der Waals surface area contributed by atoms with Crippen molar-refractivity contribution in [2.24, 2.45) is 17.6 Å². The van der Waals surface area contributed by atoms with E-state index in [4.69, 9.17) is 5.73 Å². The van der Waals surface area contributed by atoms with E-state index in [9.17, 15) is 9.59 Å². The lowest BCUT2D eigenvalue weighted by atomic mass is 9.87. The molecular weight excluding hydrogens is 230 g/mol. The maximum absolute atomic E-state index is 12.2. The number of amides is 2. The van der Waals surface area contributed by atoms with E-state index in [1.807, 2.05) is 4.90 Å². The number of piperidine rings is 1. The first-order valence-electron chi connectivity index (χ1n) is 6.87. The highest BCUT2D eigenvalue weighted by atomic mass is 16.2. The van der Waals surface area contributed by atoms with Crippen LogP contribution < -0.4 is 5.73 Å². The summed E-state index contributed by atoms with van der Waals surface area (Å²) in [5, 5.41) is 0. The zero-order chi connectivity index (χ0) is 13.1. The number of hydrogen-bond donors (Lipinski definition) is 1. The topological polar surface area (TPSA) is 66.6 Å². The van der Waals surface area contributed by atoms with E-state index >= 15 is 0 Å². The fraction of sp³-hybridized carbons (Fsp3) is 0.846. The Morgan fingerprint density at radius 3 is 2.83 bits per heavy atom. The molecular formula is C13H23N3O2. The Morgan fingerprint density at radius 2 is 2.22 bits per heavy atom. The minimum Gasteiger partial charge on any atom is -0.341 e. The molecule has 0 aliphatic carbocycles. The molecule has 0 saturated carbocycles. The van der Waals surface area contributed by atoms with Crippen LogP contribution in [0.3, 0.4) is 0 Å². The van der Waals surface area contributed by atoms with E-state index in [0.29, 0.717) is 24.8 Å². The molecule has 0 radical (unpaired) electrons. The van der Waals surface area contributed by atoms with Crippen LogP contribution in [0.1, 0.15) is 26.2 Å². The number of nitrogens with zero attached hydrogens (tertiary/aromatic N) is 2. The zero-order valence-corrected chi connectivity index (χ0v) is 11.1. The molecule has 2 aliphatic rings. The van der Waals surface area contributed by atoms with Crippen molar-refractivity contribution in [3.63, 3.8) is 0 Å². The van der Waals surface area contributed by atoms with Crippen molar-refractivity contribution >= 4 is 11.8 Å². The SMILES string of the molecule is CC1CCN(C(=O)CN2CCCC2=O)CC1CN. The van der Waals surface area contributed by atoms with Crippen molar-refractivity contribution in [2.75, 3.05) is 32.7 Å². The van der Waals surface area contributed by atoms with Gasteiger partial charge in [-0.1, -0.05) is 6.92 Å². The molecule has 102 valence electrons. The third-order valence-electron chi connectivity index (χ3n) is 4.27. The van der Waals surface area contributed by atoms with E-state index in [0.717, 1.165) is 32.5 Å². The Morgan fingerprint density at radius 1 is 1.44 bits per heavy atom. The summed E-state index contributed by atoms with van der Waals surface area (Å²) in [4.78, 5) is 27.2. The van der Waals surface area contributed by atoms with Crippen molar-refractivity contribution in [3.05, 3.63) is 0 Å². The third-order valence-corrected chi connectivity index (χ3v) is 4.27. The van der Waals surface area contributed by atoms with Gasteiger partial charge in [0, 0.05) is 26.1 Å². The summed E-state index contributed by atoms with van der Waals surface area (Å²) >= 11 is 0. The second kappa shape index (κ2) is 5.69. The van der Waals surface area contributed by atoms with Crippen LogP contribution in [0.15, 0.2) is 0 Å². The number of hydrogen-bond acceptors (Lipinski definition) is 3. The molecule has 0 spiro atoms. The summed E-state index contributed by atoms with van der Waals surface area (Å²) in [5.41, 5.74) is 5.74. The van der Waals surface area contributed by atoms with E-state index in [-0.39, 0.29) is 18.4 Å². The summed E-state index contributed by atoms with van der Waals surface area (Å²) in [6.07, 6.45) is 2.49. The average Bonchev–Trinajstić information content (AvgIpc) is 2.75. The fourth-order valence-corrected chi connectivity index (χ4v) is 2.82. The van der Waals surface area contributed by atoms with E-state index in [1.165, 1.54) is 0 Å². The number of nitrogens with two attached hydrogens (primary N) is 1. The molecule has 2 amide bonds. The average molecular weight is 253 g/mol.